The molecular weight excluding hydrogens is 213 g/mol. The molecule has 0 aliphatic heterocycles. The van der Waals surface area contributed by atoms with E-state index in [9.17, 15) is 5.11 Å². The van der Waals surface area contributed by atoms with Gasteiger partial charge >= 0.3 is 0 Å². The third-order valence-corrected chi connectivity index (χ3v) is 2.30. The van der Waals surface area contributed by atoms with E-state index in [-0.39, 0.29) is 15.8 Å². The minimum absolute atomic E-state index is 0.100. The lowest BCUT2D eigenvalue weighted by molar-refractivity contribution is 0.474. The Bertz CT molecular complexity index is 478. The van der Waals surface area contributed by atoms with Crippen LogP contribution in [0.15, 0.2) is 10.5 Å². The highest BCUT2D eigenvalue weighted by Gasteiger charge is 2.14. The Hall–Kier alpha value is -0.930. The van der Waals surface area contributed by atoms with Crippen molar-refractivity contribution >= 4 is 34.3 Å². The number of phenolic OH excluding ortho intramolecular Hbond substituents is 1. The molecule has 1 aromatic carbocycles. The molecule has 0 saturated heterocycles. The number of nitrogens with zero attached hydrogens (tertiary/aromatic N) is 1. The number of phenols is 1. The fraction of sp³-hybridized carbons (Fsp3) is 0.125. The van der Waals surface area contributed by atoms with Crippen molar-refractivity contribution in [3.63, 3.8) is 0 Å². The number of oxazole rings is 1. The molecule has 0 spiro atoms. The molecule has 0 radical (unpaired) electrons. The van der Waals surface area contributed by atoms with Crippen LogP contribution >= 0.6 is 23.2 Å². The lowest BCUT2D eigenvalue weighted by atomic mass is 10.3. The first kappa shape index (κ1) is 8.66. The topological polar surface area (TPSA) is 46.3 Å². The van der Waals surface area contributed by atoms with Gasteiger partial charge in [-0.25, -0.2) is 4.98 Å². The Labute approximate surface area is 83.9 Å². The van der Waals surface area contributed by atoms with Crippen LogP contribution in [0, 0.1) is 6.92 Å². The van der Waals surface area contributed by atoms with Crippen molar-refractivity contribution in [2.75, 3.05) is 0 Å². The van der Waals surface area contributed by atoms with E-state index in [0.717, 1.165) is 0 Å². The van der Waals surface area contributed by atoms with Crippen LogP contribution in [-0.4, -0.2) is 10.1 Å². The fourth-order valence-electron chi connectivity index (χ4n) is 1.10. The van der Waals surface area contributed by atoms with Crippen molar-refractivity contribution in [1.29, 1.82) is 0 Å². The standard InChI is InChI=1S/C8H5Cl2NO2/c1-3-11-5-2-4(9)7(12)6(10)8(5)13-3/h2,12H,1H3. The second kappa shape index (κ2) is 2.79. The van der Waals surface area contributed by atoms with E-state index in [1.807, 2.05) is 0 Å². The maximum atomic E-state index is 9.36. The summed E-state index contributed by atoms with van der Waals surface area (Å²) in [7, 11) is 0. The van der Waals surface area contributed by atoms with Gasteiger partial charge in [-0.05, 0) is 6.07 Å². The lowest BCUT2D eigenvalue weighted by Gasteiger charge is -1.97. The van der Waals surface area contributed by atoms with Gasteiger partial charge < -0.3 is 9.52 Å². The van der Waals surface area contributed by atoms with Crippen molar-refractivity contribution in [3.05, 3.63) is 22.0 Å². The van der Waals surface area contributed by atoms with Crippen LogP contribution in [0.2, 0.25) is 10.0 Å². The van der Waals surface area contributed by atoms with Gasteiger partial charge in [0.25, 0.3) is 0 Å². The van der Waals surface area contributed by atoms with E-state index < -0.39 is 0 Å². The first-order chi connectivity index (χ1) is 6.09. The number of halogens is 2. The number of hydrogen-bond acceptors (Lipinski definition) is 3. The summed E-state index contributed by atoms with van der Waals surface area (Å²) in [5.41, 5.74) is 0.909. The smallest absolute Gasteiger partial charge is 0.192 e. The molecular formula is C8H5Cl2NO2. The van der Waals surface area contributed by atoms with Gasteiger partial charge in [-0.2, -0.15) is 0 Å². The summed E-state index contributed by atoms with van der Waals surface area (Å²) in [6, 6.07) is 1.51. The maximum Gasteiger partial charge on any atom is 0.192 e. The summed E-state index contributed by atoms with van der Waals surface area (Å²) >= 11 is 11.5. The molecule has 5 heteroatoms. The predicted molar refractivity (Wildman–Crippen MR) is 50.4 cm³/mol. The summed E-state index contributed by atoms with van der Waals surface area (Å²) in [4.78, 5) is 4.03. The summed E-state index contributed by atoms with van der Waals surface area (Å²) < 4.78 is 5.17. The average Bonchev–Trinajstić information content (AvgIpc) is 2.42. The zero-order valence-corrected chi connectivity index (χ0v) is 8.15. The molecule has 2 rings (SSSR count). The molecule has 0 bridgehead atoms. The van der Waals surface area contributed by atoms with Crippen molar-refractivity contribution < 1.29 is 9.52 Å². The van der Waals surface area contributed by atoms with Crippen LogP contribution < -0.4 is 0 Å². The number of benzene rings is 1. The third kappa shape index (κ3) is 1.24. The molecule has 0 amide bonds. The lowest BCUT2D eigenvalue weighted by Crippen LogP contribution is -1.74. The third-order valence-electron chi connectivity index (χ3n) is 1.66. The molecule has 1 heterocycles. The molecule has 1 N–H and O–H groups in total. The second-order valence-electron chi connectivity index (χ2n) is 2.60. The quantitative estimate of drug-likeness (QED) is 0.738. The monoisotopic (exact) mass is 217 g/mol. The van der Waals surface area contributed by atoms with Gasteiger partial charge in [0.15, 0.2) is 17.2 Å². The summed E-state index contributed by atoms with van der Waals surface area (Å²) in [6.45, 7) is 1.70. The number of fused-ring (bicyclic) bond motifs is 1. The molecule has 0 unspecified atom stereocenters. The number of aromatic hydroxyl groups is 1. The average molecular weight is 218 g/mol. The van der Waals surface area contributed by atoms with Gasteiger partial charge in [-0.15, -0.1) is 0 Å². The second-order valence-corrected chi connectivity index (χ2v) is 3.39. The molecule has 0 atom stereocenters. The SMILES string of the molecule is Cc1nc2cc(Cl)c(O)c(Cl)c2o1. The van der Waals surface area contributed by atoms with Crippen LogP contribution in [0.1, 0.15) is 5.89 Å². The maximum absolute atomic E-state index is 9.36. The zero-order valence-electron chi connectivity index (χ0n) is 6.64. The highest BCUT2D eigenvalue weighted by atomic mass is 35.5. The predicted octanol–water partition coefficient (Wildman–Crippen LogP) is 3.15. The Morgan fingerprint density at radius 1 is 1.46 bits per heavy atom. The molecule has 68 valence electrons. The number of aromatic nitrogens is 1. The molecule has 3 nitrogen and oxygen atoms in total. The van der Waals surface area contributed by atoms with E-state index in [2.05, 4.69) is 4.98 Å². The summed E-state index contributed by atoms with van der Waals surface area (Å²) in [5, 5.41) is 9.63. The first-order valence-corrected chi connectivity index (χ1v) is 4.29. The van der Waals surface area contributed by atoms with E-state index in [1.54, 1.807) is 6.92 Å². The van der Waals surface area contributed by atoms with Crippen molar-refractivity contribution in [2.45, 2.75) is 6.92 Å². The first-order valence-electron chi connectivity index (χ1n) is 3.53. The molecule has 0 aliphatic rings. The van der Waals surface area contributed by atoms with Gasteiger partial charge in [0, 0.05) is 6.92 Å². The summed E-state index contributed by atoms with van der Waals surface area (Å²) in [5.74, 6) is 0.311. The molecule has 0 saturated carbocycles. The molecule has 1 aromatic heterocycles. The van der Waals surface area contributed by atoms with Gasteiger partial charge in [-0.3, -0.25) is 0 Å². The van der Waals surface area contributed by atoms with E-state index in [4.69, 9.17) is 27.6 Å². The van der Waals surface area contributed by atoms with Gasteiger partial charge in [0.2, 0.25) is 0 Å². The van der Waals surface area contributed by atoms with Crippen LogP contribution in [0.4, 0.5) is 0 Å². The normalized spacial score (nSPS) is 11.0. The van der Waals surface area contributed by atoms with E-state index >= 15 is 0 Å². The van der Waals surface area contributed by atoms with Gasteiger partial charge in [0.05, 0.1) is 5.02 Å². The van der Waals surface area contributed by atoms with Crippen LogP contribution in [0.5, 0.6) is 5.75 Å². The number of aryl methyl sites for hydroxylation is 1. The number of hydrogen-bond donors (Lipinski definition) is 1. The van der Waals surface area contributed by atoms with E-state index in [1.165, 1.54) is 6.07 Å². The molecule has 0 fully saturated rings. The summed E-state index contributed by atoms with van der Waals surface area (Å²) in [6.07, 6.45) is 0. The van der Waals surface area contributed by atoms with Crippen molar-refractivity contribution in [1.82, 2.24) is 4.98 Å². The highest BCUT2D eigenvalue weighted by molar-refractivity contribution is 6.40. The van der Waals surface area contributed by atoms with Crippen LogP contribution in [0.25, 0.3) is 11.1 Å². The van der Waals surface area contributed by atoms with Gasteiger partial charge in [-0.1, -0.05) is 23.2 Å². The molecule has 13 heavy (non-hydrogen) atoms. The van der Waals surface area contributed by atoms with Crippen LogP contribution in [0.3, 0.4) is 0 Å². The molecule has 0 aliphatic carbocycles. The Kier molecular flexibility index (Phi) is 1.86. The fourth-order valence-corrected chi connectivity index (χ4v) is 1.58. The minimum atomic E-state index is -0.174. The molecule has 2 aromatic rings. The minimum Gasteiger partial charge on any atom is -0.505 e. The zero-order chi connectivity index (χ0) is 9.59. The number of rotatable bonds is 0. The van der Waals surface area contributed by atoms with E-state index in [0.29, 0.717) is 17.0 Å². The van der Waals surface area contributed by atoms with Crippen LogP contribution in [-0.2, 0) is 0 Å². The van der Waals surface area contributed by atoms with Crippen molar-refractivity contribution in [2.24, 2.45) is 0 Å². The largest absolute Gasteiger partial charge is 0.505 e. The Morgan fingerprint density at radius 3 is 2.85 bits per heavy atom. The highest BCUT2D eigenvalue weighted by Crippen LogP contribution is 2.38. The van der Waals surface area contributed by atoms with Crippen molar-refractivity contribution in [3.8, 4) is 5.75 Å². The Morgan fingerprint density at radius 2 is 2.15 bits per heavy atom. The Balaban J connectivity index is 2.92. The van der Waals surface area contributed by atoms with Gasteiger partial charge in [0.1, 0.15) is 10.5 Å².